The van der Waals surface area contributed by atoms with Gasteiger partial charge in [-0.2, -0.15) is 0 Å². The predicted octanol–water partition coefficient (Wildman–Crippen LogP) is -2.84. The summed E-state index contributed by atoms with van der Waals surface area (Å²) in [5, 5.41) is 8.91. The molecule has 30 heavy (non-hydrogen) atoms. The van der Waals surface area contributed by atoms with Crippen LogP contribution in [0.1, 0.15) is 11.1 Å². The van der Waals surface area contributed by atoms with Crippen molar-refractivity contribution in [2.75, 3.05) is 55.7 Å². The van der Waals surface area contributed by atoms with Crippen molar-refractivity contribution < 1.29 is 66.6 Å². The fourth-order valence-electron chi connectivity index (χ4n) is 2.19. The molecule has 2 aromatic carbocycles. The van der Waals surface area contributed by atoms with Gasteiger partial charge in [0.2, 0.25) is 13.5 Å². The Morgan fingerprint density at radius 2 is 0.900 bits per heavy atom. The van der Waals surface area contributed by atoms with Crippen LogP contribution in [0.3, 0.4) is 0 Å². The van der Waals surface area contributed by atoms with Crippen LogP contribution in [0.25, 0.3) is 0 Å². The third kappa shape index (κ3) is 10.7. The summed E-state index contributed by atoms with van der Waals surface area (Å²) in [5.74, 6) is 0. The van der Waals surface area contributed by atoms with Gasteiger partial charge in [-0.05, 0) is 0 Å². The van der Waals surface area contributed by atoms with Gasteiger partial charge >= 0.3 is 0 Å². The van der Waals surface area contributed by atoms with Gasteiger partial charge in [0.15, 0.2) is 0 Å². The molecule has 0 aliphatic rings. The van der Waals surface area contributed by atoms with E-state index in [1.165, 1.54) is 0 Å². The highest BCUT2D eigenvalue weighted by molar-refractivity contribution is 6.53. The maximum atomic E-state index is 5.68. The molecule has 0 aliphatic carbocycles. The first-order valence-corrected chi connectivity index (χ1v) is 9.28. The number of quaternary nitrogens is 2. The summed E-state index contributed by atoms with van der Waals surface area (Å²) in [5.41, 5.74) is 3.11. The van der Waals surface area contributed by atoms with Crippen LogP contribution < -0.4 is 48.0 Å². The summed E-state index contributed by atoms with van der Waals surface area (Å²) in [7, 11) is 12.3. The zero-order valence-electron chi connectivity index (χ0n) is 18.5. The SMILES string of the molecule is C[N+](C)(C)CO/N=C(\C(=N/OC[N+](C)(C)C)c1ccccc1)c1ccccc1.[I-].[I-]. The fraction of sp³-hybridized carbons (Fsp3) is 0.364. The van der Waals surface area contributed by atoms with E-state index in [-0.39, 0.29) is 48.0 Å². The molecule has 0 saturated heterocycles. The lowest BCUT2D eigenvalue weighted by atomic mass is 10.00. The number of halogens is 2. The van der Waals surface area contributed by atoms with Crippen molar-refractivity contribution in [3.05, 3.63) is 71.8 Å². The summed E-state index contributed by atoms with van der Waals surface area (Å²) in [6.07, 6.45) is 0. The van der Waals surface area contributed by atoms with Gasteiger partial charge in [-0.25, -0.2) is 0 Å². The number of hydrogen-bond acceptors (Lipinski definition) is 4. The molecule has 0 bridgehead atoms. The summed E-state index contributed by atoms with van der Waals surface area (Å²) >= 11 is 0. The minimum atomic E-state index is 0. The van der Waals surface area contributed by atoms with Crippen LogP contribution >= 0.6 is 0 Å². The largest absolute Gasteiger partial charge is 1.00 e. The van der Waals surface area contributed by atoms with Crippen LogP contribution in [0.15, 0.2) is 71.0 Å². The smallest absolute Gasteiger partial charge is 0.247 e. The molecule has 2 aromatic rings. The summed E-state index contributed by atoms with van der Waals surface area (Å²) in [6, 6.07) is 19.8. The van der Waals surface area contributed by atoms with Crippen LogP contribution in [-0.2, 0) is 9.68 Å². The Hall–Kier alpha value is -1.24. The summed E-state index contributed by atoms with van der Waals surface area (Å²) in [6.45, 7) is 0.885. The normalized spacial score (nSPS) is 12.5. The van der Waals surface area contributed by atoms with E-state index >= 15 is 0 Å². The molecule has 0 fully saturated rings. The van der Waals surface area contributed by atoms with E-state index in [1.807, 2.05) is 103 Å². The lowest BCUT2D eigenvalue weighted by molar-refractivity contribution is -0.891. The van der Waals surface area contributed by atoms with E-state index in [1.54, 1.807) is 0 Å². The molecule has 0 unspecified atom stereocenters. The van der Waals surface area contributed by atoms with Crippen molar-refractivity contribution in [1.29, 1.82) is 0 Å². The topological polar surface area (TPSA) is 43.2 Å². The van der Waals surface area contributed by atoms with Crippen molar-refractivity contribution in [3.63, 3.8) is 0 Å². The number of rotatable bonds is 9. The Balaban J connectivity index is 0.00000420. The van der Waals surface area contributed by atoms with Gasteiger partial charge < -0.3 is 57.6 Å². The molecule has 0 amide bonds. The second-order valence-electron chi connectivity index (χ2n) is 8.71. The van der Waals surface area contributed by atoms with Crippen LogP contribution in [0.5, 0.6) is 0 Å². The summed E-state index contributed by atoms with van der Waals surface area (Å²) < 4.78 is 1.28. The van der Waals surface area contributed by atoms with Gasteiger partial charge in [0, 0.05) is 11.1 Å². The average molecular weight is 638 g/mol. The van der Waals surface area contributed by atoms with E-state index in [9.17, 15) is 0 Å². The average Bonchev–Trinajstić information content (AvgIpc) is 2.63. The standard InChI is InChI=1S/C22H32N4O2.2HI/c1-25(2,3)17-27-23-21(19-13-9-7-10-14-19)22(20-15-11-8-12-16-20)24-28-18-26(4,5)6;;/h7-16H,17-18H2,1-6H3;2*1H/q+2;;/p-2/b23-21-,24-22-;;. The predicted molar refractivity (Wildman–Crippen MR) is 114 cm³/mol. The first kappa shape index (κ1) is 28.8. The maximum absolute atomic E-state index is 5.68. The monoisotopic (exact) mass is 638 g/mol. The molecule has 6 nitrogen and oxygen atoms in total. The maximum Gasteiger partial charge on any atom is 0.247 e. The second kappa shape index (κ2) is 13.2. The van der Waals surface area contributed by atoms with Crippen molar-refractivity contribution in [1.82, 2.24) is 0 Å². The van der Waals surface area contributed by atoms with Gasteiger partial charge in [-0.15, -0.1) is 0 Å². The highest BCUT2D eigenvalue weighted by Crippen LogP contribution is 2.12. The third-order valence-electron chi connectivity index (χ3n) is 3.52. The number of benzene rings is 2. The second-order valence-corrected chi connectivity index (χ2v) is 8.71. The van der Waals surface area contributed by atoms with Crippen molar-refractivity contribution in [2.45, 2.75) is 0 Å². The van der Waals surface area contributed by atoms with E-state index in [0.29, 0.717) is 33.9 Å². The zero-order chi connectivity index (χ0) is 20.6. The fourth-order valence-corrected chi connectivity index (χ4v) is 2.19. The van der Waals surface area contributed by atoms with E-state index in [4.69, 9.17) is 9.68 Å². The Morgan fingerprint density at radius 3 is 1.17 bits per heavy atom. The molecule has 0 aliphatic heterocycles. The molecule has 0 spiro atoms. The Kier molecular flexibility index (Phi) is 12.7. The highest BCUT2D eigenvalue weighted by Gasteiger charge is 2.18. The molecule has 0 saturated carbocycles. The minimum absolute atomic E-state index is 0. The molecular weight excluding hydrogens is 606 g/mol. The first-order valence-electron chi connectivity index (χ1n) is 9.28. The van der Waals surface area contributed by atoms with Crippen molar-refractivity contribution >= 4 is 11.4 Å². The Bertz CT molecular complexity index is 730. The van der Waals surface area contributed by atoms with Gasteiger partial charge in [-0.3, -0.25) is 8.97 Å². The van der Waals surface area contributed by atoms with Crippen LogP contribution in [0, 0.1) is 0 Å². The highest BCUT2D eigenvalue weighted by atomic mass is 127. The Labute approximate surface area is 214 Å². The minimum Gasteiger partial charge on any atom is -1.00 e. The van der Waals surface area contributed by atoms with E-state index < -0.39 is 0 Å². The number of nitrogens with zero attached hydrogens (tertiary/aromatic N) is 4. The van der Waals surface area contributed by atoms with Crippen molar-refractivity contribution in [2.24, 2.45) is 10.3 Å². The Morgan fingerprint density at radius 1 is 0.600 bits per heavy atom. The zero-order valence-corrected chi connectivity index (χ0v) is 22.9. The molecule has 0 aromatic heterocycles. The molecule has 0 heterocycles. The first-order chi connectivity index (χ1) is 13.2. The lowest BCUT2D eigenvalue weighted by Gasteiger charge is -2.22. The molecule has 166 valence electrons. The summed E-state index contributed by atoms with van der Waals surface area (Å²) in [4.78, 5) is 11.4. The van der Waals surface area contributed by atoms with Crippen LogP contribution in [0.2, 0.25) is 0 Å². The third-order valence-corrected chi connectivity index (χ3v) is 3.52. The van der Waals surface area contributed by atoms with Gasteiger partial charge in [-0.1, -0.05) is 71.0 Å². The van der Waals surface area contributed by atoms with Gasteiger partial charge in [0.1, 0.15) is 11.4 Å². The van der Waals surface area contributed by atoms with Gasteiger partial charge in [0.05, 0.1) is 42.3 Å². The quantitative estimate of drug-likeness (QED) is 0.0979. The molecule has 2 rings (SSSR count). The van der Waals surface area contributed by atoms with Crippen LogP contribution in [0.4, 0.5) is 0 Å². The van der Waals surface area contributed by atoms with Gasteiger partial charge in [0.25, 0.3) is 0 Å². The molecule has 0 N–H and O–H groups in total. The van der Waals surface area contributed by atoms with Crippen LogP contribution in [-0.4, -0.2) is 76.1 Å². The number of hydrogen-bond donors (Lipinski definition) is 0. The molecule has 8 heteroatoms. The van der Waals surface area contributed by atoms with Crippen molar-refractivity contribution in [3.8, 4) is 0 Å². The van der Waals surface area contributed by atoms with E-state index in [0.717, 1.165) is 11.1 Å². The van der Waals surface area contributed by atoms with E-state index in [2.05, 4.69) is 10.3 Å². The lowest BCUT2D eigenvalue weighted by Crippen LogP contribution is -3.00. The molecular formula is C22H32I2N4O2. The molecule has 0 radical (unpaired) electrons. The molecule has 0 atom stereocenters. The number of oxime groups is 2.